The number of allylic oxidation sites excluding steroid dienone is 1. The molecule has 150 valence electrons. The summed E-state index contributed by atoms with van der Waals surface area (Å²) in [4.78, 5) is 14.7. The van der Waals surface area contributed by atoms with Crippen molar-refractivity contribution in [3.8, 4) is 17.1 Å². The minimum absolute atomic E-state index is 0.169. The van der Waals surface area contributed by atoms with Gasteiger partial charge in [0.1, 0.15) is 5.75 Å². The Morgan fingerprint density at radius 1 is 1.25 bits per heavy atom. The van der Waals surface area contributed by atoms with Gasteiger partial charge in [-0.15, -0.1) is 16.8 Å². The number of likely N-dealkylation sites (tertiary alicyclic amines) is 1. The minimum atomic E-state index is 0.169. The van der Waals surface area contributed by atoms with Crippen LogP contribution in [0.1, 0.15) is 20.3 Å². The predicted octanol–water partition coefficient (Wildman–Crippen LogP) is 3.74. The molecule has 0 bridgehead atoms. The fourth-order valence-corrected chi connectivity index (χ4v) is 4.58. The molecule has 0 aliphatic carbocycles. The first-order valence-corrected chi connectivity index (χ1v) is 10.6. The Bertz CT molecular complexity index is 808. The molecule has 7 heteroatoms. The van der Waals surface area contributed by atoms with E-state index in [0.29, 0.717) is 24.1 Å². The second-order valence-electron chi connectivity index (χ2n) is 7.47. The summed E-state index contributed by atoms with van der Waals surface area (Å²) in [6.07, 6.45) is 3.01. The molecule has 6 nitrogen and oxygen atoms in total. The van der Waals surface area contributed by atoms with Crippen molar-refractivity contribution < 1.29 is 9.53 Å². The fourth-order valence-electron chi connectivity index (χ4n) is 3.73. The number of benzene rings is 1. The maximum absolute atomic E-state index is 12.7. The highest BCUT2D eigenvalue weighted by molar-refractivity contribution is 7.99. The van der Waals surface area contributed by atoms with Crippen molar-refractivity contribution in [2.45, 2.75) is 32.0 Å². The summed E-state index contributed by atoms with van der Waals surface area (Å²) < 4.78 is 7.21. The number of piperidine rings is 1. The number of methoxy groups -OCH3 is 1. The molecule has 0 saturated carbocycles. The SMILES string of the molecule is C=CCn1c(SCC(=O)N2C[C@H](C)C[C@@H](C)C2)nnc1-c1ccc(OC)cc1. The normalized spacial score (nSPS) is 19.5. The maximum atomic E-state index is 12.7. The van der Waals surface area contributed by atoms with E-state index in [4.69, 9.17) is 4.74 Å². The molecule has 1 aliphatic rings. The zero-order valence-corrected chi connectivity index (χ0v) is 17.6. The Kier molecular flexibility index (Phi) is 6.78. The maximum Gasteiger partial charge on any atom is 0.233 e. The van der Waals surface area contributed by atoms with Gasteiger partial charge in [0, 0.05) is 25.2 Å². The number of hydrogen-bond donors (Lipinski definition) is 0. The molecular weight excluding hydrogens is 372 g/mol. The van der Waals surface area contributed by atoms with Crippen LogP contribution in [-0.4, -0.2) is 51.5 Å². The van der Waals surface area contributed by atoms with Gasteiger partial charge in [-0.25, -0.2) is 0 Å². The number of amides is 1. The lowest BCUT2D eigenvalue weighted by Crippen LogP contribution is -2.43. The van der Waals surface area contributed by atoms with Crippen molar-refractivity contribution in [1.82, 2.24) is 19.7 Å². The summed E-state index contributed by atoms with van der Waals surface area (Å²) >= 11 is 1.44. The molecule has 1 fully saturated rings. The summed E-state index contributed by atoms with van der Waals surface area (Å²) in [6, 6.07) is 7.71. The van der Waals surface area contributed by atoms with E-state index < -0.39 is 0 Å². The second kappa shape index (κ2) is 9.28. The molecule has 2 atom stereocenters. The van der Waals surface area contributed by atoms with Crippen LogP contribution in [0.15, 0.2) is 42.1 Å². The Balaban J connectivity index is 1.72. The van der Waals surface area contributed by atoms with E-state index in [1.54, 1.807) is 7.11 Å². The van der Waals surface area contributed by atoms with Crippen molar-refractivity contribution in [2.75, 3.05) is 26.0 Å². The first-order valence-electron chi connectivity index (χ1n) is 9.61. The van der Waals surface area contributed by atoms with E-state index in [-0.39, 0.29) is 5.91 Å². The molecule has 3 rings (SSSR count). The largest absolute Gasteiger partial charge is 0.497 e. The highest BCUT2D eigenvalue weighted by atomic mass is 32.2. The van der Waals surface area contributed by atoms with Gasteiger partial charge in [0.25, 0.3) is 0 Å². The van der Waals surface area contributed by atoms with Gasteiger partial charge in [0.05, 0.1) is 12.9 Å². The van der Waals surface area contributed by atoms with Crippen LogP contribution < -0.4 is 4.74 Å². The number of thioether (sulfide) groups is 1. The van der Waals surface area contributed by atoms with Crippen LogP contribution in [0.4, 0.5) is 0 Å². The highest BCUT2D eigenvalue weighted by Crippen LogP contribution is 2.27. The van der Waals surface area contributed by atoms with Gasteiger partial charge in [-0.2, -0.15) is 0 Å². The Hall–Kier alpha value is -2.28. The average Bonchev–Trinajstić information content (AvgIpc) is 3.08. The van der Waals surface area contributed by atoms with Crippen LogP contribution in [0.25, 0.3) is 11.4 Å². The molecule has 0 unspecified atom stereocenters. The van der Waals surface area contributed by atoms with Crippen LogP contribution in [0.2, 0.25) is 0 Å². The fraction of sp³-hybridized carbons (Fsp3) is 0.476. The van der Waals surface area contributed by atoms with Gasteiger partial charge < -0.3 is 9.64 Å². The standard InChI is InChI=1S/C21H28N4O2S/c1-5-10-25-20(17-6-8-18(27-4)9-7-17)22-23-21(25)28-14-19(26)24-12-15(2)11-16(3)13-24/h5-9,15-16H,1,10-14H2,2-4H3/t15-,16-/m1/s1. The molecule has 28 heavy (non-hydrogen) atoms. The van der Waals surface area contributed by atoms with E-state index in [1.807, 2.05) is 39.8 Å². The number of nitrogens with zero attached hydrogens (tertiary/aromatic N) is 4. The summed E-state index contributed by atoms with van der Waals surface area (Å²) in [6.45, 7) is 10.6. The minimum Gasteiger partial charge on any atom is -0.497 e. The lowest BCUT2D eigenvalue weighted by molar-refractivity contribution is -0.130. The molecule has 1 aromatic carbocycles. The molecule has 1 aliphatic heterocycles. The highest BCUT2D eigenvalue weighted by Gasteiger charge is 2.26. The Morgan fingerprint density at radius 2 is 1.93 bits per heavy atom. The third-order valence-corrected chi connectivity index (χ3v) is 5.87. The summed E-state index contributed by atoms with van der Waals surface area (Å²) in [5, 5.41) is 9.41. The van der Waals surface area contributed by atoms with Gasteiger partial charge in [0.15, 0.2) is 11.0 Å². The number of carbonyl (C=O) groups excluding carboxylic acids is 1. The Labute approximate surface area is 171 Å². The van der Waals surface area contributed by atoms with Crippen molar-refractivity contribution in [2.24, 2.45) is 11.8 Å². The lowest BCUT2D eigenvalue weighted by atomic mass is 9.92. The molecule has 1 amide bonds. The summed E-state index contributed by atoms with van der Waals surface area (Å²) in [5.74, 6) is 3.22. The molecule has 1 aromatic heterocycles. The summed E-state index contributed by atoms with van der Waals surface area (Å²) in [7, 11) is 1.64. The molecular formula is C21H28N4O2S. The number of hydrogen-bond acceptors (Lipinski definition) is 5. The average molecular weight is 401 g/mol. The van der Waals surface area contributed by atoms with Crippen LogP contribution in [-0.2, 0) is 11.3 Å². The van der Waals surface area contributed by atoms with Crippen LogP contribution in [0.3, 0.4) is 0 Å². The molecule has 2 aromatic rings. The smallest absolute Gasteiger partial charge is 0.233 e. The molecule has 1 saturated heterocycles. The van der Waals surface area contributed by atoms with Gasteiger partial charge in [-0.3, -0.25) is 9.36 Å². The van der Waals surface area contributed by atoms with Crippen LogP contribution in [0.5, 0.6) is 5.75 Å². The van der Waals surface area contributed by atoms with Gasteiger partial charge >= 0.3 is 0 Å². The number of rotatable bonds is 7. The van der Waals surface area contributed by atoms with Crippen molar-refractivity contribution in [1.29, 1.82) is 0 Å². The van der Waals surface area contributed by atoms with Crippen LogP contribution in [0, 0.1) is 11.8 Å². The number of ether oxygens (including phenoxy) is 1. The second-order valence-corrected chi connectivity index (χ2v) is 8.41. The monoisotopic (exact) mass is 400 g/mol. The number of aromatic nitrogens is 3. The van der Waals surface area contributed by atoms with E-state index in [2.05, 4.69) is 30.6 Å². The first kappa shape index (κ1) is 20.5. The van der Waals surface area contributed by atoms with E-state index in [9.17, 15) is 4.79 Å². The lowest BCUT2D eigenvalue weighted by Gasteiger charge is -2.34. The van der Waals surface area contributed by atoms with Crippen molar-refractivity contribution in [3.05, 3.63) is 36.9 Å². The first-order chi connectivity index (χ1) is 13.5. The van der Waals surface area contributed by atoms with E-state index >= 15 is 0 Å². The van der Waals surface area contributed by atoms with E-state index in [1.165, 1.54) is 18.2 Å². The summed E-state index contributed by atoms with van der Waals surface area (Å²) in [5.41, 5.74) is 0.951. The molecule has 0 radical (unpaired) electrons. The molecule has 0 N–H and O–H groups in total. The topological polar surface area (TPSA) is 60.2 Å². The zero-order chi connectivity index (χ0) is 20.1. The van der Waals surface area contributed by atoms with Crippen molar-refractivity contribution >= 4 is 17.7 Å². The van der Waals surface area contributed by atoms with E-state index in [0.717, 1.165) is 35.4 Å². The zero-order valence-electron chi connectivity index (χ0n) is 16.8. The quantitative estimate of drug-likeness (QED) is 0.523. The van der Waals surface area contributed by atoms with Gasteiger partial charge in [-0.05, 0) is 42.5 Å². The van der Waals surface area contributed by atoms with Gasteiger partial charge in [0.2, 0.25) is 5.91 Å². The number of carbonyl (C=O) groups is 1. The van der Waals surface area contributed by atoms with Crippen LogP contribution >= 0.6 is 11.8 Å². The third-order valence-electron chi connectivity index (χ3n) is 4.92. The molecule has 2 heterocycles. The molecule has 0 spiro atoms. The third kappa shape index (κ3) is 4.76. The van der Waals surface area contributed by atoms with Crippen molar-refractivity contribution in [3.63, 3.8) is 0 Å². The van der Waals surface area contributed by atoms with Gasteiger partial charge in [-0.1, -0.05) is 31.7 Å². The predicted molar refractivity (Wildman–Crippen MR) is 112 cm³/mol. The Morgan fingerprint density at radius 3 is 2.54 bits per heavy atom.